The molecule has 1 unspecified atom stereocenters. The van der Waals surface area contributed by atoms with E-state index in [-0.39, 0.29) is 6.04 Å². The third-order valence-corrected chi connectivity index (χ3v) is 3.72. The van der Waals surface area contributed by atoms with Gasteiger partial charge in [0.15, 0.2) is 0 Å². The smallest absolute Gasteiger partial charge is 0.0522 e. The van der Waals surface area contributed by atoms with Crippen molar-refractivity contribution in [2.75, 3.05) is 6.54 Å². The maximum Gasteiger partial charge on any atom is 0.0522 e. The number of halogens is 1. The summed E-state index contributed by atoms with van der Waals surface area (Å²) in [6.45, 7) is 5.17. The van der Waals surface area contributed by atoms with Crippen LogP contribution in [0.25, 0.3) is 0 Å². The molecule has 0 bridgehead atoms. The Labute approximate surface area is 119 Å². The zero-order valence-electron chi connectivity index (χ0n) is 11.4. The van der Waals surface area contributed by atoms with Gasteiger partial charge in [-0.05, 0) is 50.4 Å². The van der Waals surface area contributed by atoms with Gasteiger partial charge in [-0.15, -0.1) is 0 Å². The van der Waals surface area contributed by atoms with Gasteiger partial charge in [-0.2, -0.15) is 5.10 Å². The molecular formula is C15H20ClN3. The van der Waals surface area contributed by atoms with Gasteiger partial charge in [0.1, 0.15) is 0 Å². The van der Waals surface area contributed by atoms with E-state index in [1.165, 1.54) is 11.3 Å². The van der Waals surface area contributed by atoms with Crippen molar-refractivity contribution in [2.24, 2.45) is 0 Å². The van der Waals surface area contributed by atoms with Crippen molar-refractivity contribution in [2.45, 2.75) is 32.7 Å². The number of benzene rings is 1. The lowest BCUT2D eigenvalue weighted by Gasteiger charge is -2.15. The number of aromatic amines is 1. The molecule has 0 amide bonds. The molecule has 2 rings (SSSR count). The van der Waals surface area contributed by atoms with Crippen molar-refractivity contribution in [1.29, 1.82) is 0 Å². The average molecular weight is 278 g/mol. The van der Waals surface area contributed by atoms with Crippen LogP contribution in [0.2, 0.25) is 5.02 Å². The third-order valence-electron chi connectivity index (χ3n) is 3.38. The lowest BCUT2D eigenvalue weighted by atomic mass is 10.1. The van der Waals surface area contributed by atoms with E-state index in [4.69, 9.17) is 11.6 Å². The number of hydrogen-bond acceptors (Lipinski definition) is 2. The van der Waals surface area contributed by atoms with Crippen LogP contribution in [0.4, 0.5) is 0 Å². The van der Waals surface area contributed by atoms with Crippen molar-refractivity contribution < 1.29 is 0 Å². The van der Waals surface area contributed by atoms with E-state index in [0.29, 0.717) is 0 Å². The first-order valence-corrected chi connectivity index (χ1v) is 7.03. The summed E-state index contributed by atoms with van der Waals surface area (Å²) in [7, 11) is 0. The van der Waals surface area contributed by atoms with Gasteiger partial charge >= 0.3 is 0 Å². The van der Waals surface area contributed by atoms with Crippen LogP contribution in [-0.4, -0.2) is 16.7 Å². The summed E-state index contributed by atoms with van der Waals surface area (Å²) < 4.78 is 0. The molecule has 2 aromatic rings. The zero-order valence-corrected chi connectivity index (χ0v) is 12.2. The van der Waals surface area contributed by atoms with E-state index >= 15 is 0 Å². The Morgan fingerprint density at radius 1 is 1.37 bits per heavy atom. The van der Waals surface area contributed by atoms with E-state index in [1.54, 1.807) is 0 Å². The first-order chi connectivity index (χ1) is 9.18. The highest BCUT2D eigenvalue weighted by atomic mass is 35.5. The highest BCUT2D eigenvalue weighted by molar-refractivity contribution is 6.31. The highest BCUT2D eigenvalue weighted by Crippen LogP contribution is 2.21. The molecule has 102 valence electrons. The largest absolute Gasteiger partial charge is 0.310 e. The van der Waals surface area contributed by atoms with Crippen LogP contribution in [0, 0.1) is 6.92 Å². The summed E-state index contributed by atoms with van der Waals surface area (Å²) in [5.41, 5.74) is 3.62. The standard InChI is InChI=1S/C15H20ClN3/c1-11-13(10-18-19-11)6-5-9-17-12(2)14-7-3-4-8-15(14)16/h3-4,7-8,10,12,17H,5-6,9H2,1-2H3,(H,18,19). The molecule has 0 aliphatic heterocycles. The molecule has 0 aliphatic rings. The quantitative estimate of drug-likeness (QED) is 0.791. The predicted octanol–water partition coefficient (Wildman–Crippen LogP) is 3.65. The van der Waals surface area contributed by atoms with Gasteiger partial charge in [-0.3, -0.25) is 5.10 Å². The minimum atomic E-state index is 0.277. The molecule has 2 N–H and O–H groups in total. The van der Waals surface area contributed by atoms with Crippen molar-refractivity contribution >= 4 is 11.6 Å². The molecule has 0 saturated heterocycles. The van der Waals surface area contributed by atoms with Crippen molar-refractivity contribution in [3.8, 4) is 0 Å². The lowest BCUT2D eigenvalue weighted by molar-refractivity contribution is 0.558. The maximum absolute atomic E-state index is 6.18. The van der Waals surface area contributed by atoms with E-state index in [1.807, 2.05) is 24.4 Å². The van der Waals surface area contributed by atoms with Crippen molar-refractivity contribution in [3.05, 3.63) is 52.3 Å². The second-order valence-corrected chi connectivity index (χ2v) is 5.23. The van der Waals surface area contributed by atoms with E-state index in [0.717, 1.165) is 30.0 Å². The van der Waals surface area contributed by atoms with Gasteiger partial charge < -0.3 is 5.32 Å². The van der Waals surface area contributed by atoms with Crippen molar-refractivity contribution in [3.63, 3.8) is 0 Å². The molecule has 19 heavy (non-hydrogen) atoms. The summed E-state index contributed by atoms with van der Waals surface area (Å²) in [5.74, 6) is 0. The number of rotatable bonds is 6. The zero-order chi connectivity index (χ0) is 13.7. The number of aryl methyl sites for hydroxylation is 2. The Morgan fingerprint density at radius 2 is 2.16 bits per heavy atom. The fourth-order valence-corrected chi connectivity index (χ4v) is 2.46. The molecule has 1 aromatic heterocycles. The first-order valence-electron chi connectivity index (χ1n) is 6.65. The Balaban J connectivity index is 1.77. The van der Waals surface area contributed by atoms with Crippen molar-refractivity contribution in [1.82, 2.24) is 15.5 Å². The van der Waals surface area contributed by atoms with Gasteiger partial charge in [-0.25, -0.2) is 0 Å². The fourth-order valence-electron chi connectivity index (χ4n) is 2.16. The fraction of sp³-hybridized carbons (Fsp3) is 0.400. The minimum Gasteiger partial charge on any atom is -0.310 e. The van der Waals surface area contributed by atoms with Gasteiger partial charge in [0.2, 0.25) is 0 Å². The Morgan fingerprint density at radius 3 is 2.84 bits per heavy atom. The number of hydrogen-bond donors (Lipinski definition) is 2. The summed E-state index contributed by atoms with van der Waals surface area (Å²) in [5, 5.41) is 11.3. The van der Waals surface area contributed by atoms with Gasteiger partial charge in [-0.1, -0.05) is 29.8 Å². The monoisotopic (exact) mass is 277 g/mol. The highest BCUT2D eigenvalue weighted by Gasteiger charge is 2.08. The molecule has 0 saturated carbocycles. The molecule has 0 spiro atoms. The van der Waals surface area contributed by atoms with Gasteiger partial charge in [0, 0.05) is 16.8 Å². The van der Waals surface area contributed by atoms with Crippen LogP contribution < -0.4 is 5.32 Å². The second kappa shape index (κ2) is 6.73. The summed E-state index contributed by atoms with van der Waals surface area (Å²) in [6, 6.07) is 8.26. The predicted molar refractivity (Wildman–Crippen MR) is 79.5 cm³/mol. The number of nitrogens with zero attached hydrogens (tertiary/aromatic N) is 1. The van der Waals surface area contributed by atoms with E-state index in [9.17, 15) is 0 Å². The maximum atomic E-state index is 6.18. The number of nitrogens with one attached hydrogen (secondary N) is 2. The van der Waals surface area contributed by atoms with E-state index in [2.05, 4.69) is 35.4 Å². The molecule has 1 heterocycles. The molecule has 0 aliphatic carbocycles. The molecule has 3 nitrogen and oxygen atoms in total. The molecule has 0 radical (unpaired) electrons. The molecular weight excluding hydrogens is 258 g/mol. The van der Waals surface area contributed by atoms with Crippen LogP contribution >= 0.6 is 11.6 Å². The average Bonchev–Trinajstić information content (AvgIpc) is 2.80. The van der Waals surface area contributed by atoms with Crippen LogP contribution in [0.5, 0.6) is 0 Å². The Hall–Kier alpha value is -1.32. The number of aromatic nitrogens is 2. The summed E-state index contributed by atoms with van der Waals surface area (Å²) >= 11 is 6.18. The third kappa shape index (κ3) is 3.82. The minimum absolute atomic E-state index is 0.277. The Bertz CT molecular complexity index is 522. The Kier molecular flexibility index (Phi) is 5.00. The van der Waals surface area contributed by atoms with Crippen LogP contribution in [-0.2, 0) is 6.42 Å². The van der Waals surface area contributed by atoms with Gasteiger partial charge in [0.05, 0.1) is 6.20 Å². The first kappa shape index (κ1) is 14.1. The SMILES string of the molecule is Cc1[nH]ncc1CCCNC(C)c1ccccc1Cl. The molecule has 1 atom stereocenters. The van der Waals surface area contributed by atoms with Crippen LogP contribution in [0.15, 0.2) is 30.5 Å². The summed E-state index contributed by atoms with van der Waals surface area (Å²) in [6.07, 6.45) is 4.05. The topological polar surface area (TPSA) is 40.7 Å². The van der Waals surface area contributed by atoms with Crippen LogP contribution in [0.1, 0.15) is 36.2 Å². The van der Waals surface area contributed by atoms with Crippen LogP contribution in [0.3, 0.4) is 0 Å². The molecule has 1 aromatic carbocycles. The molecule has 0 fully saturated rings. The second-order valence-electron chi connectivity index (χ2n) is 4.82. The van der Waals surface area contributed by atoms with E-state index < -0.39 is 0 Å². The number of H-pyrrole nitrogens is 1. The normalized spacial score (nSPS) is 12.6. The van der Waals surface area contributed by atoms with Gasteiger partial charge in [0.25, 0.3) is 0 Å². The molecule has 4 heteroatoms. The lowest BCUT2D eigenvalue weighted by Crippen LogP contribution is -2.20. The summed E-state index contributed by atoms with van der Waals surface area (Å²) in [4.78, 5) is 0.